The molecule has 2 aliphatic rings. The number of benzene rings is 8. The van der Waals surface area contributed by atoms with Crippen molar-refractivity contribution in [2.75, 3.05) is 0 Å². The molecule has 0 fully saturated rings. The third-order valence-corrected chi connectivity index (χ3v) is 12.9. The molecule has 0 atom stereocenters. The number of hydrogen-bond acceptors (Lipinski definition) is 3. The van der Waals surface area contributed by atoms with Gasteiger partial charge in [0.15, 0.2) is 0 Å². The highest BCUT2D eigenvalue weighted by atomic mass is 32.2. The third kappa shape index (κ3) is 4.23. The molecule has 1 aliphatic heterocycles. The van der Waals surface area contributed by atoms with Gasteiger partial charge in [0.25, 0.3) is 0 Å². The van der Waals surface area contributed by atoms with E-state index < -0.39 is 5.41 Å². The molecule has 4 heteroatoms. The second-order valence-electron chi connectivity index (χ2n) is 14.5. The standard InChI is InChI=1S/C51H31N3S/c1-3-16-33(17-4-1)42-31-43(34-18-5-2-6-19-34)53-50(52-42)54-44-29-27-32-15-7-8-20-35(32)47(44)48-45(54)30-28-41-49(48)55-46-26-14-13-25-40(46)51(41)38-23-11-9-21-36(38)37-22-10-12-24-39(37)51/h1-31H. The second-order valence-corrected chi connectivity index (χ2v) is 15.5. The molecule has 0 N–H and O–H groups in total. The average Bonchev–Trinajstić information content (AvgIpc) is 3.76. The number of hydrogen-bond donors (Lipinski definition) is 0. The van der Waals surface area contributed by atoms with Gasteiger partial charge in [-0.05, 0) is 68.4 Å². The van der Waals surface area contributed by atoms with E-state index in [0.29, 0.717) is 5.95 Å². The van der Waals surface area contributed by atoms with Crippen molar-refractivity contribution in [3.05, 3.63) is 210 Å². The topological polar surface area (TPSA) is 30.7 Å². The maximum Gasteiger partial charge on any atom is 0.235 e. The summed E-state index contributed by atoms with van der Waals surface area (Å²) in [6, 6.07) is 68.1. The Kier molecular flexibility index (Phi) is 6.48. The van der Waals surface area contributed by atoms with E-state index in [1.807, 2.05) is 11.8 Å². The van der Waals surface area contributed by atoms with Gasteiger partial charge < -0.3 is 0 Å². The van der Waals surface area contributed by atoms with E-state index in [9.17, 15) is 0 Å². The molecule has 0 saturated carbocycles. The molecule has 0 amide bonds. The van der Waals surface area contributed by atoms with Gasteiger partial charge in [0.1, 0.15) is 0 Å². The predicted octanol–water partition coefficient (Wildman–Crippen LogP) is 12.9. The largest absolute Gasteiger partial charge is 0.278 e. The molecular weight excluding hydrogens is 687 g/mol. The molecule has 1 aliphatic carbocycles. The Balaban J connectivity index is 1.24. The first-order valence-corrected chi connectivity index (χ1v) is 19.6. The van der Waals surface area contributed by atoms with Gasteiger partial charge in [-0.15, -0.1) is 0 Å². The molecule has 256 valence electrons. The van der Waals surface area contributed by atoms with Gasteiger partial charge in [0.05, 0.1) is 27.8 Å². The Morgan fingerprint density at radius 3 is 1.67 bits per heavy atom. The van der Waals surface area contributed by atoms with Crippen LogP contribution in [0.4, 0.5) is 0 Å². The highest BCUT2D eigenvalue weighted by Crippen LogP contribution is 2.63. The van der Waals surface area contributed by atoms with Crippen molar-refractivity contribution >= 4 is 44.3 Å². The van der Waals surface area contributed by atoms with E-state index in [-0.39, 0.29) is 0 Å². The van der Waals surface area contributed by atoms with Crippen molar-refractivity contribution in [1.82, 2.24) is 14.5 Å². The third-order valence-electron chi connectivity index (χ3n) is 11.7. The Morgan fingerprint density at radius 2 is 0.982 bits per heavy atom. The van der Waals surface area contributed by atoms with Gasteiger partial charge >= 0.3 is 0 Å². The van der Waals surface area contributed by atoms with Crippen molar-refractivity contribution in [3.63, 3.8) is 0 Å². The normalized spacial score (nSPS) is 13.5. The van der Waals surface area contributed by atoms with Crippen molar-refractivity contribution in [3.8, 4) is 39.6 Å². The van der Waals surface area contributed by atoms with Crippen LogP contribution in [0.5, 0.6) is 0 Å². The fourth-order valence-electron chi connectivity index (χ4n) is 9.44. The lowest BCUT2D eigenvalue weighted by atomic mass is 9.67. The van der Waals surface area contributed by atoms with Crippen LogP contribution in [-0.2, 0) is 5.41 Å². The molecule has 2 aromatic heterocycles. The Hall–Kier alpha value is -6.75. The maximum atomic E-state index is 5.38. The summed E-state index contributed by atoms with van der Waals surface area (Å²) in [6.07, 6.45) is 0. The van der Waals surface area contributed by atoms with E-state index in [1.165, 1.54) is 64.7 Å². The van der Waals surface area contributed by atoms with Crippen LogP contribution >= 0.6 is 11.8 Å². The lowest BCUT2D eigenvalue weighted by molar-refractivity contribution is 0.726. The fraction of sp³-hybridized carbons (Fsp3) is 0.0196. The zero-order valence-electron chi connectivity index (χ0n) is 29.6. The molecular formula is C51H31N3S. The van der Waals surface area contributed by atoms with E-state index in [4.69, 9.17) is 9.97 Å². The summed E-state index contributed by atoms with van der Waals surface area (Å²) >= 11 is 1.90. The summed E-state index contributed by atoms with van der Waals surface area (Å²) in [5.74, 6) is 0.655. The number of aromatic nitrogens is 3. The summed E-state index contributed by atoms with van der Waals surface area (Å²) in [5, 5.41) is 4.89. The zero-order chi connectivity index (χ0) is 36.1. The molecule has 55 heavy (non-hydrogen) atoms. The predicted molar refractivity (Wildman–Crippen MR) is 226 cm³/mol. The molecule has 3 heterocycles. The van der Waals surface area contributed by atoms with Crippen molar-refractivity contribution < 1.29 is 0 Å². The molecule has 1 spiro atoms. The Bertz CT molecular complexity index is 3080. The van der Waals surface area contributed by atoms with E-state index in [0.717, 1.165) is 33.5 Å². The maximum absolute atomic E-state index is 5.38. The van der Waals surface area contributed by atoms with Gasteiger partial charge in [-0.1, -0.05) is 176 Å². The van der Waals surface area contributed by atoms with Crippen molar-refractivity contribution in [2.24, 2.45) is 0 Å². The number of fused-ring (bicyclic) bond motifs is 15. The molecule has 8 aromatic carbocycles. The minimum atomic E-state index is -0.470. The first-order chi connectivity index (χ1) is 27.3. The minimum Gasteiger partial charge on any atom is -0.278 e. The first kappa shape index (κ1) is 30.7. The van der Waals surface area contributed by atoms with Gasteiger partial charge in [-0.2, -0.15) is 0 Å². The lowest BCUT2D eigenvalue weighted by Crippen LogP contribution is -2.32. The van der Waals surface area contributed by atoms with Crippen LogP contribution in [0.2, 0.25) is 0 Å². The van der Waals surface area contributed by atoms with Crippen LogP contribution < -0.4 is 0 Å². The summed E-state index contributed by atoms with van der Waals surface area (Å²) in [6.45, 7) is 0. The molecule has 0 saturated heterocycles. The molecule has 0 unspecified atom stereocenters. The zero-order valence-corrected chi connectivity index (χ0v) is 30.5. The monoisotopic (exact) mass is 717 g/mol. The van der Waals surface area contributed by atoms with Crippen LogP contribution in [0, 0.1) is 0 Å². The van der Waals surface area contributed by atoms with E-state index in [1.54, 1.807) is 0 Å². The summed E-state index contributed by atoms with van der Waals surface area (Å²) in [7, 11) is 0. The highest BCUT2D eigenvalue weighted by Gasteiger charge is 2.50. The number of nitrogens with zero attached hydrogens (tertiary/aromatic N) is 3. The molecule has 3 nitrogen and oxygen atoms in total. The second kappa shape index (κ2) is 11.6. The quantitative estimate of drug-likeness (QED) is 0.182. The first-order valence-electron chi connectivity index (χ1n) is 18.8. The van der Waals surface area contributed by atoms with Gasteiger partial charge in [0, 0.05) is 31.7 Å². The van der Waals surface area contributed by atoms with Gasteiger partial charge in [0.2, 0.25) is 5.95 Å². The number of rotatable bonds is 3. The highest BCUT2D eigenvalue weighted by molar-refractivity contribution is 7.99. The van der Waals surface area contributed by atoms with Crippen LogP contribution in [0.1, 0.15) is 22.3 Å². The SMILES string of the molecule is c1ccc(-c2cc(-c3ccccc3)nc(-n3c4ccc5c(c4c4c6ccccc6ccc43)Sc3ccccc3C53c4ccccc4-c4ccccc43)n2)cc1. The van der Waals surface area contributed by atoms with Crippen molar-refractivity contribution in [1.29, 1.82) is 0 Å². The van der Waals surface area contributed by atoms with Crippen LogP contribution in [0.3, 0.4) is 0 Å². The fourth-order valence-corrected chi connectivity index (χ4v) is 10.8. The van der Waals surface area contributed by atoms with E-state index in [2.05, 4.69) is 193 Å². The molecule has 10 aromatic rings. The summed E-state index contributed by atoms with van der Waals surface area (Å²) in [5.41, 5.74) is 13.5. The average molecular weight is 718 g/mol. The minimum absolute atomic E-state index is 0.470. The van der Waals surface area contributed by atoms with Crippen LogP contribution in [-0.4, -0.2) is 14.5 Å². The molecule has 12 rings (SSSR count). The summed E-state index contributed by atoms with van der Waals surface area (Å²) in [4.78, 5) is 13.3. The van der Waals surface area contributed by atoms with Crippen LogP contribution in [0.25, 0.3) is 72.2 Å². The Labute approximate surface area is 322 Å². The molecule has 0 bridgehead atoms. The summed E-state index contributed by atoms with van der Waals surface area (Å²) < 4.78 is 2.31. The van der Waals surface area contributed by atoms with Gasteiger partial charge in [-0.3, -0.25) is 4.57 Å². The van der Waals surface area contributed by atoms with E-state index >= 15 is 0 Å². The van der Waals surface area contributed by atoms with Crippen molar-refractivity contribution in [2.45, 2.75) is 15.2 Å². The smallest absolute Gasteiger partial charge is 0.235 e. The Morgan fingerprint density at radius 1 is 0.436 bits per heavy atom. The lowest BCUT2D eigenvalue weighted by Gasteiger charge is -2.40. The van der Waals surface area contributed by atoms with Gasteiger partial charge in [-0.25, -0.2) is 9.97 Å². The molecule has 0 radical (unpaired) electrons. The van der Waals surface area contributed by atoms with Crippen LogP contribution in [0.15, 0.2) is 198 Å².